The predicted molar refractivity (Wildman–Crippen MR) is 82.8 cm³/mol. The summed E-state index contributed by atoms with van der Waals surface area (Å²) < 4.78 is 0. The van der Waals surface area contributed by atoms with Crippen LogP contribution in [-0.4, -0.2) is 54.6 Å². The number of piperidine rings is 2. The first-order chi connectivity index (χ1) is 9.65. The fourth-order valence-electron chi connectivity index (χ4n) is 3.71. The maximum atomic E-state index is 12.7. The number of hydrogen-bond donors (Lipinski definition) is 1. The van der Waals surface area contributed by atoms with Crippen LogP contribution in [0.1, 0.15) is 46.5 Å². The molecule has 0 aromatic heterocycles. The molecule has 0 spiro atoms. The highest BCUT2D eigenvalue weighted by atomic mass is 16.2. The highest BCUT2D eigenvalue weighted by Crippen LogP contribution is 2.23. The first-order valence-electron chi connectivity index (χ1n) is 8.42. The molecule has 2 heterocycles. The molecule has 0 aliphatic carbocycles. The van der Waals surface area contributed by atoms with Gasteiger partial charge in [-0.2, -0.15) is 0 Å². The Morgan fingerprint density at radius 1 is 1.15 bits per heavy atom. The number of nitrogens with one attached hydrogen (secondary N) is 1. The molecule has 116 valence electrons. The van der Waals surface area contributed by atoms with Crippen molar-refractivity contribution >= 4 is 6.03 Å². The fourth-order valence-corrected chi connectivity index (χ4v) is 3.71. The Bertz CT molecular complexity index is 321. The van der Waals surface area contributed by atoms with Crippen LogP contribution in [0.25, 0.3) is 0 Å². The molecule has 2 fully saturated rings. The van der Waals surface area contributed by atoms with Crippen LogP contribution in [-0.2, 0) is 0 Å². The van der Waals surface area contributed by atoms with Gasteiger partial charge in [-0.3, -0.25) is 0 Å². The third kappa shape index (κ3) is 3.66. The van der Waals surface area contributed by atoms with Crippen LogP contribution in [0.3, 0.4) is 0 Å². The standard InChI is InChI=1S/C16H31N3O/c1-4-14-12-19(10-8-15(14)17-5-2)16(20)18-9-6-7-13(3)11-18/h13-15,17H,4-12H2,1-3H3. The molecular weight excluding hydrogens is 250 g/mol. The SMILES string of the molecule is CCNC1CCN(C(=O)N2CCCC(C)C2)CC1CC. The van der Waals surface area contributed by atoms with E-state index >= 15 is 0 Å². The summed E-state index contributed by atoms with van der Waals surface area (Å²) in [5.41, 5.74) is 0. The lowest BCUT2D eigenvalue weighted by Gasteiger charge is -2.42. The minimum Gasteiger partial charge on any atom is -0.324 e. The molecule has 2 aliphatic heterocycles. The van der Waals surface area contributed by atoms with Crippen molar-refractivity contribution in [2.45, 2.75) is 52.5 Å². The summed E-state index contributed by atoms with van der Waals surface area (Å²) in [4.78, 5) is 16.8. The van der Waals surface area contributed by atoms with E-state index in [0.29, 0.717) is 17.9 Å². The molecular formula is C16H31N3O. The third-order valence-electron chi connectivity index (χ3n) is 4.92. The van der Waals surface area contributed by atoms with E-state index in [-0.39, 0.29) is 6.03 Å². The Hall–Kier alpha value is -0.770. The van der Waals surface area contributed by atoms with Crippen molar-refractivity contribution in [1.82, 2.24) is 15.1 Å². The number of nitrogens with zero attached hydrogens (tertiary/aromatic N) is 2. The van der Waals surface area contributed by atoms with Gasteiger partial charge < -0.3 is 15.1 Å². The second-order valence-electron chi connectivity index (χ2n) is 6.54. The average molecular weight is 281 g/mol. The summed E-state index contributed by atoms with van der Waals surface area (Å²) in [6.07, 6.45) is 4.68. The van der Waals surface area contributed by atoms with Gasteiger partial charge in [-0.1, -0.05) is 27.2 Å². The van der Waals surface area contributed by atoms with E-state index in [9.17, 15) is 4.79 Å². The zero-order valence-electron chi connectivity index (χ0n) is 13.4. The molecule has 2 aliphatic rings. The molecule has 3 atom stereocenters. The van der Waals surface area contributed by atoms with Crippen LogP contribution in [0.5, 0.6) is 0 Å². The highest BCUT2D eigenvalue weighted by molar-refractivity contribution is 5.74. The number of hydrogen-bond acceptors (Lipinski definition) is 2. The maximum Gasteiger partial charge on any atom is 0.320 e. The predicted octanol–water partition coefficient (Wildman–Crippen LogP) is 2.55. The Kier molecular flexibility index (Phi) is 5.70. The number of likely N-dealkylation sites (tertiary alicyclic amines) is 2. The van der Waals surface area contributed by atoms with Crippen LogP contribution < -0.4 is 5.32 Å². The summed E-state index contributed by atoms with van der Waals surface area (Å²) in [6.45, 7) is 11.4. The molecule has 0 aromatic rings. The first-order valence-corrected chi connectivity index (χ1v) is 8.42. The lowest BCUT2D eigenvalue weighted by atomic mass is 9.90. The van der Waals surface area contributed by atoms with Crippen LogP contribution in [0.4, 0.5) is 4.79 Å². The van der Waals surface area contributed by atoms with Gasteiger partial charge in [0.25, 0.3) is 0 Å². The topological polar surface area (TPSA) is 35.6 Å². The van der Waals surface area contributed by atoms with Gasteiger partial charge in [0, 0.05) is 32.2 Å². The van der Waals surface area contributed by atoms with E-state index in [4.69, 9.17) is 0 Å². The first kappa shape index (κ1) is 15.6. The summed E-state index contributed by atoms with van der Waals surface area (Å²) in [5, 5.41) is 3.58. The molecule has 0 aromatic carbocycles. The largest absolute Gasteiger partial charge is 0.324 e. The van der Waals surface area contributed by atoms with Gasteiger partial charge in [-0.25, -0.2) is 4.79 Å². The van der Waals surface area contributed by atoms with Gasteiger partial charge >= 0.3 is 6.03 Å². The van der Waals surface area contributed by atoms with Crippen LogP contribution in [0.2, 0.25) is 0 Å². The smallest absolute Gasteiger partial charge is 0.320 e. The average Bonchev–Trinajstić information content (AvgIpc) is 2.47. The summed E-state index contributed by atoms with van der Waals surface area (Å²) in [5.74, 6) is 1.27. The van der Waals surface area contributed by atoms with E-state index in [0.717, 1.165) is 52.0 Å². The van der Waals surface area contributed by atoms with Crippen molar-refractivity contribution in [2.75, 3.05) is 32.7 Å². The van der Waals surface area contributed by atoms with Crippen molar-refractivity contribution in [2.24, 2.45) is 11.8 Å². The van der Waals surface area contributed by atoms with Crippen molar-refractivity contribution in [3.63, 3.8) is 0 Å². The van der Waals surface area contributed by atoms with Gasteiger partial charge in [0.05, 0.1) is 0 Å². The van der Waals surface area contributed by atoms with E-state index in [1.807, 2.05) is 0 Å². The van der Waals surface area contributed by atoms with E-state index in [1.54, 1.807) is 0 Å². The van der Waals surface area contributed by atoms with E-state index in [1.165, 1.54) is 6.42 Å². The van der Waals surface area contributed by atoms with Crippen molar-refractivity contribution < 1.29 is 4.79 Å². The van der Waals surface area contributed by atoms with Crippen molar-refractivity contribution in [3.05, 3.63) is 0 Å². The second kappa shape index (κ2) is 7.30. The number of carbonyl (C=O) groups is 1. The molecule has 2 rings (SSSR count). The van der Waals surface area contributed by atoms with Crippen LogP contribution >= 0.6 is 0 Å². The van der Waals surface area contributed by atoms with Gasteiger partial charge in [0.1, 0.15) is 0 Å². The van der Waals surface area contributed by atoms with E-state index in [2.05, 4.69) is 35.9 Å². The van der Waals surface area contributed by atoms with Gasteiger partial charge in [0.2, 0.25) is 0 Å². The molecule has 4 nitrogen and oxygen atoms in total. The van der Waals surface area contributed by atoms with Gasteiger partial charge in [-0.05, 0) is 37.6 Å². The molecule has 0 radical (unpaired) electrons. The summed E-state index contributed by atoms with van der Waals surface area (Å²) in [6, 6.07) is 0.874. The minimum atomic E-state index is 0.282. The Morgan fingerprint density at radius 2 is 1.90 bits per heavy atom. The summed E-state index contributed by atoms with van der Waals surface area (Å²) >= 11 is 0. The molecule has 4 heteroatoms. The molecule has 2 saturated heterocycles. The molecule has 3 unspecified atom stereocenters. The Labute approximate surface area is 123 Å². The monoisotopic (exact) mass is 281 g/mol. The Balaban J connectivity index is 1.91. The van der Waals surface area contributed by atoms with Crippen molar-refractivity contribution in [3.8, 4) is 0 Å². The fraction of sp³-hybridized carbons (Fsp3) is 0.938. The normalized spacial score (nSPS) is 31.4. The zero-order valence-corrected chi connectivity index (χ0v) is 13.4. The molecule has 20 heavy (non-hydrogen) atoms. The Morgan fingerprint density at radius 3 is 2.55 bits per heavy atom. The number of carbonyl (C=O) groups excluding carboxylic acids is 1. The number of amides is 2. The second-order valence-corrected chi connectivity index (χ2v) is 6.54. The molecule has 1 N–H and O–H groups in total. The molecule has 0 bridgehead atoms. The molecule has 0 saturated carbocycles. The van der Waals surface area contributed by atoms with Gasteiger partial charge in [-0.15, -0.1) is 0 Å². The highest BCUT2D eigenvalue weighted by Gasteiger charge is 2.32. The lowest BCUT2D eigenvalue weighted by Crippen LogP contribution is -2.55. The summed E-state index contributed by atoms with van der Waals surface area (Å²) in [7, 11) is 0. The maximum absolute atomic E-state index is 12.7. The van der Waals surface area contributed by atoms with Gasteiger partial charge in [0.15, 0.2) is 0 Å². The number of rotatable bonds is 3. The minimum absolute atomic E-state index is 0.282. The van der Waals surface area contributed by atoms with Crippen LogP contribution in [0, 0.1) is 11.8 Å². The number of urea groups is 1. The molecule has 2 amide bonds. The zero-order chi connectivity index (χ0) is 14.5. The quantitative estimate of drug-likeness (QED) is 0.863. The van der Waals surface area contributed by atoms with E-state index < -0.39 is 0 Å². The lowest BCUT2D eigenvalue weighted by molar-refractivity contribution is 0.0996. The van der Waals surface area contributed by atoms with Crippen LogP contribution in [0.15, 0.2) is 0 Å². The third-order valence-corrected chi connectivity index (χ3v) is 4.92. The van der Waals surface area contributed by atoms with Crippen molar-refractivity contribution in [1.29, 1.82) is 0 Å².